The van der Waals surface area contributed by atoms with Crippen LogP contribution in [0.3, 0.4) is 0 Å². The molecule has 3 aromatic carbocycles. The molecule has 0 aliphatic heterocycles. The highest BCUT2D eigenvalue weighted by Crippen LogP contribution is 2.20. The van der Waals surface area contributed by atoms with E-state index in [1.54, 1.807) is 18.2 Å². The predicted octanol–water partition coefficient (Wildman–Crippen LogP) is 4.41. The van der Waals surface area contributed by atoms with Crippen molar-refractivity contribution in [3.8, 4) is 0 Å². The van der Waals surface area contributed by atoms with Gasteiger partial charge in [-0.25, -0.2) is 0 Å². The molecule has 0 radical (unpaired) electrons. The molecule has 9 heteroatoms. The lowest BCUT2D eigenvalue weighted by molar-refractivity contribution is -0.132. The fourth-order valence-corrected chi connectivity index (χ4v) is 4.96. The minimum atomic E-state index is -0.806. The van der Waals surface area contributed by atoms with Gasteiger partial charge in [0.1, 0.15) is 12.1 Å². The van der Waals surface area contributed by atoms with E-state index in [4.69, 9.17) is 0 Å². The molecular formula is C34H42N4O4S. The number of carbonyl (C=O) groups is 4. The Morgan fingerprint density at radius 1 is 0.744 bits per heavy atom. The van der Waals surface area contributed by atoms with Gasteiger partial charge < -0.3 is 21.3 Å². The molecule has 0 aliphatic rings. The van der Waals surface area contributed by atoms with Gasteiger partial charge in [0.15, 0.2) is 5.78 Å². The monoisotopic (exact) mass is 602 g/mol. The highest BCUT2D eigenvalue weighted by Gasteiger charge is 2.28. The van der Waals surface area contributed by atoms with Gasteiger partial charge in [-0.3, -0.25) is 19.2 Å². The van der Waals surface area contributed by atoms with E-state index in [2.05, 4.69) is 33.9 Å². The van der Waals surface area contributed by atoms with E-state index in [0.29, 0.717) is 43.4 Å². The third kappa shape index (κ3) is 10.6. The molecule has 0 saturated heterocycles. The van der Waals surface area contributed by atoms with E-state index in [-0.39, 0.29) is 23.5 Å². The van der Waals surface area contributed by atoms with Crippen molar-refractivity contribution >= 4 is 41.8 Å². The van der Waals surface area contributed by atoms with Gasteiger partial charge in [-0.05, 0) is 42.9 Å². The number of nitrogens with one attached hydrogen (secondary N) is 4. The van der Waals surface area contributed by atoms with Crippen LogP contribution in [0.25, 0.3) is 0 Å². The van der Waals surface area contributed by atoms with E-state index in [1.165, 1.54) is 7.05 Å². The van der Waals surface area contributed by atoms with Gasteiger partial charge in [-0.15, -0.1) is 0 Å². The smallest absolute Gasteiger partial charge is 0.243 e. The van der Waals surface area contributed by atoms with Crippen LogP contribution in [-0.4, -0.2) is 54.4 Å². The molecule has 43 heavy (non-hydrogen) atoms. The summed E-state index contributed by atoms with van der Waals surface area (Å²) in [6.07, 6.45) is 1.82. The van der Waals surface area contributed by atoms with Gasteiger partial charge >= 0.3 is 0 Å². The summed E-state index contributed by atoms with van der Waals surface area (Å²) in [5.74, 6) is -0.993. The molecule has 4 N–H and O–H groups in total. The van der Waals surface area contributed by atoms with Crippen LogP contribution in [0.5, 0.6) is 0 Å². The highest BCUT2D eigenvalue weighted by atomic mass is 32.1. The maximum absolute atomic E-state index is 13.3. The molecule has 0 aliphatic carbocycles. The molecule has 1 unspecified atom stereocenters. The molecule has 3 amide bonds. The van der Waals surface area contributed by atoms with Crippen LogP contribution in [0.2, 0.25) is 0 Å². The van der Waals surface area contributed by atoms with Crippen molar-refractivity contribution in [1.82, 2.24) is 16.0 Å². The summed E-state index contributed by atoms with van der Waals surface area (Å²) >= 11 is 4.51. The number of hydrogen-bond donors (Lipinski definition) is 5. The number of benzene rings is 3. The van der Waals surface area contributed by atoms with Crippen LogP contribution in [0.1, 0.15) is 54.6 Å². The van der Waals surface area contributed by atoms with Crippen molar-refractivity contribution in [2.45, 2.75) is 56.9 Å². The predicted molar refractivity (Wildman–Crippen MR) is 174 cm³/mol. The number of hydrogen-bond acceptors (Lipinski definition) is 6. The Morgan fingerprint density at radius 3 is 2.00 bits per heavy atom. The second-order valence-corrected chi connectivity index (χ2v) is 11.5. The van der Waals surface area contributed by atoms with Crippen LogP contribution in [-0.2, 0) is 20.8 Å². The van der Waals surface area contributed by atoms with Gasteiger partial charge in [0.05, 0.1) is 5.25 Å². The lowest BCUT2D eigenvalue weighted by Gasteiger charge is -2.25. The van der Waals surface area contributed by atoms with Crippen molar-refractivity contribution in [2.75, 3.05) is 18.9 Å². The zero-order valence-corrected chi connectivity index (χ0v) is 25.9. The van der Waals surface area contributed by atoms with Gasteiger partial charge in [0.2, 0.25) is 17.7 Å². The third-order valence-corrected chi connectivity index (χ3v) is 7.47. The molecule has 0 fully saturated rings. The standard InChI is InChI=1S/C34H42N4O4S/c1-23(2)21-28(33(41)37-29(32(40)35-3)22-24-13-6-4-7-14-24)38-34(42)30(43)19-12-20-36-27-18-11-10-17-26(27)31(39)25-15-8-5-9-16-25/h4-11,13-18,23,28-30,36,43H,12,19-22H2,1-3H3,(H,35,40)(H,37,41)(H,38,42)/t28-,29-,30?/m0/s1. The lowest BCUT2D eigenvalue weighted by atomic mass is 10.0. The first-order valence-corrected chi connectivity index (χ1v) is 15.2. The second kappa shape index (κ2) is 17.1. The maximum Gasteiger partial charge on any atom is 0.243 e. The SMILES string of the molecule is CNC(=O)[C@H](Cc1ccccc1)NC(=O)[C@H](CC(C)C)NC(=O)C(S)CCCNc1ccccc1C(=O)c1ccccc1. The molecular weight excluding hydrogens is 560 g/mol. The summed E-state index contributed by atoms with van der Waals surface area (Å²) in [7, 11) is 1.53. The van der Waals surface area contributed by atoms with Crippen molar-refractivity contribution in [1.29, 1.82) is 0 Å². The Bertz CT molecular complexity index is 1350. The zero-order valence-electron chi connectivity index (χ0n) is 25.0. The number of amides is 3. The molecule has 0 saturated carbocycles. The summed E-state index contributed by atoms with van der Waals surface area (Å²) in [5.41, 5.74) is 2.84. The first-order chi connectivity index (χ1) is 20.7. The van der Waals surface area contributed by atoms with Crippen LogP contribution < -0.4 is 21.3 Å². The summed E-state index contributed by atoms with van der Waals surface area (Å²) in [6, 6.07) is 24.3. The molecule has 3 rings (SSSR count). The summed E-state index contributed by atoms with van der Waals surface area (Å²) in [4.78, 5) is 51.9. The minimum Gasteiger partial charge on any atom is -0.384 e. The molecule has 0 aromatic heterocycles. The van der Waals surface area contributed by atoms with Gasteiger partial charge in [0, 0.05) is 36.8 Å². The fourth-order valence-electron chi connectivity index (χ4n) is 4.71. The maximum atomic E-state index is 13.3. The highest BCUT2D eigenvalue weighted by molar-refractivity contribution is 7.81. The molecule has 3 aromatic rings. The van der Waals surface area contributed by atoms with Crippen molar-refractivity contribution in [2.24, 2.45) is 5.92 Å². The van der Waals surface area contributed by atoms with E-state index in [9.17, 15) is 19.2 Å². The van der Waals surface area contributed by atoms with Crippen molar-refractivity contribution in [3.63, 3.8) is 0 Å². The Morgan fingerprint density at radius 2 is 1.35 bits per heavy atom. The Hall–Kier alpha value is -4.11. The van der Waals surface area contributed by atoms with Crippen LogP contribution in [0.4, 0.5) is 5.69 Å². The number of rotatable bonds is 16. The van der Waals surface area contributed by atoms with Crippen LogP contribution in [0.15, 0.2) is 84.9 Å². The number of para-hydroxylation sites is 1. The Balaban J connectivity index is 1.55. The van der Waals surface area contributed by atoms with E-state index >= 15 is 0 Å². The van der Waals surface area contributed by atoms with E-state index < -0.39 is 23.2 Å². The van der Waals surface area contributed by atoms with Gasteiger partial charge in [0.25, 0.3) is 0 Å². The normalized spacial score (nSPS) is 13.0. The van der Waals surface area contributed by atoms with E-state index in [0.717, 1.165) is 11.3 Å². The number of likely N-dealkylation sites (N-methyl/N-ethyl adjacent to an activating group) is 1. The zero-order chi connectivity index (χ0) is 31.2. The van der Waals surface area contributed by atoms with Crippen molar-refractivity contribution in [3.05, 3.63) is 102 Å². The number of ketones is 1. The summed E-state index contributed by atoms with van der Waals surface area (Å²) < 4.78 is 0. The molecule has 0 heterocycles. The van der Waals surface area contributed by atoms with Crippen LogP contribution >= 0.6 is 12.6 Å². The summed E-state index contributed by atoms with van der Waals surface area (Å²) in [5, 5.41) is 11.0. The number of carbonyl (C=O) groups excluding carboxylic acids is 4. The average molecular weight is 603 g/mol. The molecule has 0 spiro atoms. The quantitative estimate of drug-likeness (QED) is 0.0947. The Kier molecular flexibility index (Phi) is 13.3. The molecule has 8 nitrogen and oxygen atoms in total. The average Bonchev–Trinajstić information content (AvgIpc) is 3.02. The largest absolute Gasteiger partial charge is 0.384 e. The lowest BCUT2D eigenvalue weighted by Crippen LogP contribution is -2.55. The van der Waals surface area contributed by atoms with Gasteiger partial charge in [-0.2, -0.15) is 12.6 Å². The number of thiol groups is 1. The first kappa shape index (κ1) is 33.4. The number of anilines is 1. The second-order valence-electron chi connectivity index (χ2n) is 10.9. The third-order valence-electron chi connectivity index (χ3n) is 6.98. The minimum absolute atomic E-state index is 0.0629. The van der Waals surface area contributed by atoms with Crippen molar-refractivity contribution < 1.29 is 19.2 Å². The molecule has 228 valence electrons. The topological polar surface area (TPSA) is 116 Å². The summed E-state index contributed by atoms with van der Waals surface area (Å²) in [6.45, 7) is 4.47. The fraction of sp³-hybridized carbons (Fsp3) is 0.353. The Labute approximate surface area is 259 Å². The molecule has 0 bridgehead atoms. The molecule has 3 atom stereocenters. The van der Waals surface area contributed by atoms with E-state index in [1.807, 2.05) is 80.6 Å². The van der Waals surface area contributed by atoms with Gasteiger partial charge in [-0.1, -0.05) is 86.6 Å². The first-order valence-electron chi connectivity index (χ1n) is 14.7. The van der Waals surface area contributed by atoms with Crippen LogP contribution in [0, 0.1) is 5.92 Å².